The number of benzene rings is 1. The molecule has 2 aromatic heterocycles. The average Bonchev–Trinajstić information content (AvgIpc) is 2.93. The predicted molar refractivity (Wildman–Crippen MR) is 80.5 cm³/mol. The van der Waals surface area contributed by atoms with E-state index in [1.165, 1.54) is 0 Å². The summed E-state index contributed by atoms with van der Waals surface area (Å²) in [6, 6.07) is 8.82. The molecular formula is C15H15N5O. The standard InChI is InChI=1S/C15H15N5O/c1-20-9-11(7-18-20)14(16)15(21)19-12-6-10-4-2-3-5-13(10)17-8-12/h2-9,14H,16H2,1H3,(H,19,21). The number of aromatic nitrogens is 3. The van der Waals surface area contributed by atoms with E-state index in [0.29, 0.717) is 11.3 Å². The Hall–Kier alpha value is -2.73. The molecule has 21 heavy (non-hydrogen) atoms. The third-order valence-electron chi connectivity index (χ3n) is 3.22. The van der Waals surface area contributed by atoms with Crippen molar-refractivity contribution >= 4 is 22.5 Å². The van der Waals surface area contributed by atoms with Gasteiger partial charge in [0.15, 0.2) is 0 Å². The quantitative estimate of drug-likeness (QED) is 0.763. The number of anilines is 1. The molecule has 2 heterocycles. The van der Waals surface area contributed by atoms with Crippen molar-refractivity contribution in [2.45, 2.75) is 6.04 Å². The second-order valence-electron chi connectivity index (χ2n) is 4.83. The van der Waals surface area contributed by atoms with E-state index >= 15 is 0 Å². The summed E-state index contributed by atoms with van der Waals surface area (Å²) in [5, 5.41) is 7.75. The number of carbonyl (C=O) groups is 1. The third kappa shape index (κ3) is 2.75. The maximum absolute atomic E-state index is 12.2. The number of aryl methyl sites for hydroxylation is 1. The number of hydrogen-bond donors (Lipinski definition) is 2. The Balaban J connectivity index is 1.79. The van der Waals surface area contributed by atoms with Gasteiger partial charge in [-0.1, -0.05) is 18.2 Å². The molecule has 0 fully saturated rings. The molecule has 0 bridgehead atoms. The Morgan fingerprint density at radius 3 is 2.90 bits per heavy atom. The summed E-state index contributed by atoms with van der Waals surface area (Å²) < 4.78 is 1.61. The van der Waals surface area contributed by atoms with Crippen molar-refractivity contribution in [3.63, 3.8) is 0 Å². The summed E-state index contributed by atoms with van der Waals surface area (Å²) in [6.45, 7) is 0. The van der Waals surface area contributed by atoms with E-state index in [1.807, 2.05) is 30.3 Å². The number of nitrogens with two attached hydrogens (primary N) is 1. The van der Waals surface area contributed by atoms with Gasteiger partial charge in [-0.2, -0.15) is 5.10 Å². The first-order valence-corrected chi connectivity index (χ1v) is 6.53. The van der Waals surface area contributed by atoms with E-state index in [9.17, 15) is 4.79 Å². The van der Waals surface area contributed by atoms with Crippen LogP contribution < -0.4 is 11.1 Å². The van der Waals surface area contributed by atoms with Crippen LogP contribution >= 0.6 is 0 Å². The Morgan fingerprint density at radius 2 is 2.14 bits per heavy atom. The molecule has 0 spiro atoms. The highest BCUT2D eigenvalue weighted by Crippen LogP contribution is 2.17. The fourth-order valence-electron chi connectivity index (χ4n) is 2.11. The molecule has 0 saturated carbocycles. The molecule has 1 amide bonds. The zero-order valence-corrected chi connectivity index (χ0v) is 11.5. The number of hydrogen-bond acceptors (Lipinski definition) is 4. The lowest BCUT2D eigenvalue weighted by molar-refractivity contribution is -0.117. The molecule has 106 valence electrons. The maximum atomic E-state index is 12.2. The summed E-state index contributed by atoms with van der Waals surface area (Å²) in [7, 11) is 1.78. The van der Waals surface area contributed by atoms with Gasteiger partial charge in [0.25, 0.3) is 0 Å². The molecule has 0 aliphatic heterocycles. The van der Waals surface area contributed by atoms with Crippen molar-refractivity contribution in [2.24, 2.45) is 12.8 Å². The zero-order chi connectivity index (χ0) is 14.8. The second-order valence-corrected chi connectivity index (χ2v) is 4.83. The van der Waals surface area contributed by atoms with Gasteiger partial charge in [0.05, 0.1) is 23.6 Å². The smallest absolute Gasteiger partial charge is 0.246 e. The zero-order valence-electron chi connectivity index (χ0n) is 11.5. The number of para-hydroxylation sites is 1. The maximum Gasteiger partial charge on any atom is 0.246 e. The minimum absolute atomic E-state index is 0.292. The largest absolute Gasteiger partial charge is 0.323 e. The SMILES string of the molecule is Cn1cc(C(N)C(=O)Nc2cnc3ccccc3c2)cn1. The summed E-state index contributed by atoms with van der Waals surface area (Å²) in [5.74, 6) is -0.292. The molecule has 6 heteroatoms. The van der Waals surface area contributed by atoms with Gasteiger partial charge in [0, 0.05) is 24.2 Å². The normalized spacial score (nSPS) is 12.3. The van der Waals surface area contributed by atoms with Crippen molar-refractivity contribution in [2.75, 3.05) is 5.32 Å². The lowest BCUT2D eigenvalue weighted by atomic mass is 10.1. The van der Waals surface area contributed by atoms with Gasteiger partial charge in [0.1, 0.15) is 6.04 Å². The first kappa shape index (κ1) is 13.3. The first-order valence-electron chi connectivity index (χ1n) is 6.53. The summed E-state index contributed by atoms with van der Waals surface area (Å²) in [4.78, 5) is 16.5. The topological polar surface area (TPSA) is 85.8 Å². The van der Waals surface area contributed by atoms with Gasteiger partial charge >= 0.3 is 0 Å². The highest BCUT2D eigenvalue weighted by molar-refractivity contribution is 5.96. The minimum atomic E-state index is -0.759. The van der Waals surface area contributed by atoms with Gasteiger partial charge in [-0.15, -0.1) is 0 Å². The summed E-state index contributed by atoms with van der Waals surface area (Å²) >= 11 is 0. The van der Waals surface area contributed by atoms with Crippen LogP contribution in [0.5, 0.6) is 0 Å². The molecular weight excluding hydrogens is 266 g/mol. The van der Waals surface area contributed by atoms with Crippen LogP contribution in [0.1, 0.15) is 11.6 Å². The van der Waals surface area contributed by atoms with Crippen LogP contribution in [0.3, 0.4) is 0 Å². The monoisotopic (exact) mass is 281 g/mol. The Bertz CT molecular complexity index is 795. The summed E-state index contributed by atoms with van der Waals surface area (Å²) in [6.07, 6.45) is 4.93. The van der Waals surface area contributed by atoms with Gasteiger partial charge in [0.2, 0.25) is 5.91 Å². The molecule has 1 aromatic carbocycles. The van der Waals surface area contributed by atoms with E-state index in [-0.39, 0.29) is 5.91 Å². The second kappa shape index (κ2) is 5.34. The molecule has 1 unspecified atom stereocenters. The molecule has 0 saturated heterocycles. The number of nitrogens with zero attached hydrogens (tertiary/aromatic N) is 3. The summed E-state index contributed by atoms with van der Waals surface area (Å²) in [5.41, 5.74) is 8.10. The number of nitrogens with one attached hydrogen (secondary N) is 1. The lowest BCUT2D eigenvalue weighted by Gasteiger charge is -2.10. The molecule has 3 rings (SSSR count). The fourth-order valence-corrected chi connectivity index (χ4v) is 2.11. The molecule has 3 aromatic rings. The predicted octanol–water partition coefficient (Wildman–Crippen LogP) is 1.61. The molecule has 0 aliphatic rings. The van der Waals surface area contributed by atoms with Crippen molar-refractivity contribution < 1.29 is 4.79 Å². The van der Waals surface area contributed by atoms with Crippen LogP contribution in [0.25, 0.3) is 10.9 Å². The van der Waals surface area contributed by atoms with E-state index in [0.717, 1.165) is 10.9 Å². The lowest BCUT2D eigenvalue weighted by Crippen LogP contribution is -2.27. The van der Waals surface area contributed by atoms with Crippen molar-refractivity contribution in [1.82, 2.24) is 14.8 Å². The van der Waals surface area contributed by atoms with Gasteiger partial charge in [-0.3, -0.25) is 14.5 Å². The van der Waals surface area contributed by atoms with Gasteiger partial charge in [-0.05, 0) is 12.1 Å². The van der Waals surface area contributed by atoms with E-state index in [1.54, 1.807) is 30.3 Å². The van der Waals surface area contributed by atoms with Crippen LogP contribution in [0.4, 0.5) is 5.69 Å². The van der Waals surface area contributed by atoms with Crippen LogP contribution in [0.2, 0.25) is 0 Å². The molecule has 6 nitrogen and oxygen atoms in total. The number of amides is 1. The average molecular weight is 281 g/mol. The van der Waals surface area contributed by atoms with Gasteiger partial charge in [-0.25, -0.2) is 0 Å². The Kier molecular flexibility index (Phi) is 3.37. The Morgan fingerprint density at radius 1 is 1.33 bits per heavy atom. The van der Waals surface area contributed by atoms with Gasteiger partial charge < -0.3 is 11.1 Å². The van der Waals surface area contributed by atoms with Crippen LogP contribution in [-0.4, -0.2) is 20.7 Å². The number of pyridine rings is 1. The van der Waals surface area contributed by atoms with E-state index < -0.39 is 6.04 Å². The van der Waals surface area contributed by atoms with Crippen molar-refractivity contribution in [1.29, 1.82) is 0 Å². The van der Waals surface area contributed by atoms with Crippen LogP contribution in [-0.2, 0) is 11.8 Å². The van der Waals surface area contributed by atoms with Crippen molar-refractivity contribution in [3.8, 4) is 0 Å². The number of carbonyl (C=O) groups excluding carboxylic acids is 1. The van der Waals surface area contributed by atoms with Crippen LogP contribution in [0.15, 0.2) is 48.9 Å². The molecule has 3 N–H and O–H groups in total. The van der Waals surface area contributed by atoms with Crippen LogP contribution in [0, 0.1) is 0 Å². The molecule has 1 atom stereocenters. The van der Waals surface area contributed by atoms with E-state index in [4.69, 9.17) is 5.73 Å². The third-order valence-corrected chi connectivity index (χ3v) is 3.22. The van der Waals surface area contributed by atoms with Crippen molar-refractivity contribution in [3.05, 3.63) is 54.5 Å². The molecule has 0 radical (unpaired) electrons. The highest BCUT2D eigenvalue weighted by Gasteiger charge is 2.17. The number of fused-ring (bicyclic) bond motifs is 1. The van der Waals surface area contributed by atoms with E-state index in [2.05, 4.69) is 15.4 Å². The Labute approximate surface area is 121 Å². The highest BCUT2D eigenvalue weighted by atomic mass is 16.2. The minimum Gasteiger partial charge on any atom is -0.323 e. The first-order chi connectivity index (χ1) is 10.1. The molecule has 0 aliphatic carbocycles. The number of rotatable bonds is 3. The fraction of sp³-hybridized carbons (Fsp3) is 0.133.